The fourth-order valence-corrected chi connectivity index (χ4v) is 2.91. The van der Waals surface area contributed by atoms with Crippen LogP contribution in [0.5, 0.6) is 5.75 Å². The zero-order chi connectivity index (χ0) is 16.8. The number of hydrogen-bond donors (Lipinski definition) is 0. The molecule has 7 heteroatoms. The fraction of sp³-hybridized carbons (Fsp3) is 0.250. The molecule has 0 fully saturated rings. The Balaban J connectivity index is 1.87. The first-order valence-corrected chi connectivity index (χ1v) is 8.02. The van der Waals surface area contributed by atoms with Crippen LogP contribution in [0.4, 0.5) is 0 Å². The van der Waals surface area contributed by atoms with E-state index in [4.69, 9.17) is 16.3 Å². The van der Waals surface area contributed by atoms with Gasteiger partial charge < -0.3 is 14.4 Å². The lowest BCUT2D eigenvalue weighted by molar-refractivity contribution is 0.0606. The van der Waals surface area contributed by atoms with E-state index in [0.717, 1.165) is 11.3 Å². The fourth-order valence-electron chi connectivity index (χ4n) is 1.81. The van der Waals surface area contributed by atoms with Gasteiger partial charge in [-0.2, -0.15) is 0 Å². The maximum absolute atomic E-state index is 12.3. The Morgan fingerprint density at radius 1 is 1.22 bits per heavy atom. The molecule has 1 amide bonds. The van der Waals surface area contributed by atoms with Crippen molar-refractivity contribution in [3.8, 4) is 5.75 Å². The molecule has 0 aliphatic heterocycles. The highest BCUT2D eigenvalue weighted by Gasteiger charge is 2.17. The molecule has 2 rings (SSSR count). The first kappa shape index (κ1) is 17.3. The Labute approximate surface area is 143 Å². The molecule has 23 heavy (non-hydrogen) atoms. The average Bonchev–Trinajstić information content (AvgIpc) is 3.03. The zero-order valence-electron chi connectivity index (χ0n) is 12.7. The maximum atomic E-state index is 12.3. The smallest absolute Gasteiger partial charge is 0.348 e. The van der Waals surface area contributed by atoms with Crippen molar-refractivity contribution < 1.29 is 19.1 Å². The molecule has 0 spiro atoms. The van der Waals surface area contributed by atoms with Crippen LogP contribution >= 0.6 is 22.9 Å². The summed E-state index contributed by atoms with van der Waals surface area (Å²) in [4.78, 5) is 26.1. The van der Waals surface area contributed by atoms with Crippen LogP contribution in [0.1, 0.15) is 19.3 Å². The number of carbonyl (C=O) groups excluding carboxylic acids is 2. The number of esters is 1. The minimum atomic E-state index is -0.444. The van der Waals surface area contributed by atoms with Crippen molar-refractivity contribution in [2.45, 2.75) is 0 Å². The quantitative estimate of drug-likeness (QED) is 0.747. The van der Waals surface area contributed by atoms with Crippen molar-refractivity contribution in [2.75, 3.05) is 27.3 Å². The highest BCUT2D eigenvalue weighted by molar-refractivity contribution is 7.15. The van der Waals surface area contributed by atoms with Crippen LogP contribution in [0.2, 0.25) is 5.02 Å². The number of halogens is 1. The lowest BCUT2D eigenvalue weighted by Crippen LogP contribution is -2.30. The SMILES string of the molecule is COC(=O)c1ccc(C(=O)N(C)CCOc2cccc(Cl)c2)s1. The molecule has 0 N–H and O–H groups in total. The monoisotopic (exact) mass is 353 g/mol. The summed E-state index contributed by atoms with van der Waals surface area (Å²) in [5, 5.41) is 0.598. The van der Waals surface area contributed by atoms with Gasteiger partial charge in [-0.25, -0.2) is 4.79 Å². The number of carbonyl (C=O) groups is 2. The van der Waals surface area contributed by atoms with Gasteiger partial charge in [0, 0.05) is 12.1 Å². The Hall–Kier alpha value is -2.05. The van der Waals surface area contributed by atoms with Gasteiger partial charge >= 0.3 is 5.97 Å². The topological polar surface area (TPSA) is 55.8 Å². The minimum Gasteiger partial charge on any atom is -0.492 e. The predicted molar refractivity (Wildman–Crippen MR) is 89.6 cm³/mol. The normalized spacial score (nSPS) is 10.2. The van der Waals surface area contributed by atoms with Crippen LogP contribution in [-0.2, 0) is 4.74 Å². The van der Waals surface area contributed by atoms with E-state index in [9.17, 15) is 9.59 Å². The van der Waals surface area contributed by atoms with Gasteiger partial charge in [0.2, 0.25) is 0 Å². The van der Waals surface area contributed by atoms with E-state index in [0.29, 0.717) is 33.7 Å². The molecule has 0 saturated carbocycles. The molecule has 0 saturated heterocycles. The van der Waals surface area contributed by atoms with Crippen LogP contribution < -0.4 is 4.74 Å². The van der Waals surface area contributed by atoms with Gasteiger partial charge in [0.05, 0.1) is 18.5 Å². The molecule has 0 atom stereocenters. The number of thiophene rings is 1. The zero-order valence-corrected chi connectivity index (χ0v) is 14.3. The molecule has 0 aliphatic rings. The van der Waals surface area contributed by atoms with Crippen LogP contribution in [0.15, 0.2) is 36.4 Å². The molecule has 0 bridgehead atoms. The highest BCUT2D eigenvalue weighted by atomic mass is 35.5. The maximum Gasteiger partial charge on any atom is 0.348 e. The van der Waals surface area contributed by atoms with E-state index in [-0.39, 0.29) is 5.91 Å². The van der Waals surface area contributed by atoms with Gasteiger partial charge in [-0.15, -0.1) is 11.3 Å². The summed E-state index contributed by atoms with van der Waals surface area (Å²) in [5.41, 5.74) is 0. The predicted octanol–water partition coefficient (Wildman–Crippen LogP) is 3.34. The molecule has 5 nitrogen and oxygen atoms in total. The van der Waals surface area contributed by atoms with E-state index in [2.05, 4.69) is 4.74 Å². The molecule has 122 valence electrons. The van der Waals surface area contributed by atoms with E-state index < -0.39 is 5.97 Å². The van der Waals surface area contributed by atoms with Gasteiger partial charge in [0.15, 0.2) is 0 Å². The summed E-state index contributed by atoms with van der Waals surface area (Å²) in [6.07, 6.45) is 0. The third-order valence-corrected chi connectivity index (χ3v) is 4.33. The van der Waals surface area contributed by atoms with Crippen LogP contribution in [0.25, 0.3) is 0 Å². The molecule has 2 aromatic rings. The average molecular weight is 354 g/mol. The summed E-state index contributed by atoms with van der Waals surface area (Å²) in [6, 6.07) is 10.3. The summed E-state index contributed by atoms with van der Waals surface area (Å²) in [7, 11) is 2.99. The molecule has 1 heterocycles. The number of ether oxygens (including phenoxy) is 2. The van der Waals surface area contributed by atoms with E-state index in [1.54, 1.807) is 43.4 Å². The Bertz CT molecular complexity index is 701. The van der Waals surface area contributed by atoms with Gasteiger partial charge in [-0.1, -0.05) is 17.7 Å². The molecule has 1 aromatic carbocycles. The number of benzene rings is 1. The van der Waals surface area contributed by atoms with Crippen LogP contribution in [0.3, 0.4) is 0 Å². The number of likely N-dealkylation sites (N-methyl/N-ethyl adjacent to an activating group) is 1. The summed E-state index contributed by atoms with van der Waals surface area (Å²) < 4.78 is 10.2. The Morgan fingerprint density at radius 2 is 1.96 bits per heavy atom. The van der Waals surface area contributed by atoms with Gasteiger partial charge in [0.25, 0.3) is 5.91 Å². The van der Waals surface area contributed by atoms with Gasteiger partial charge in [-0.05, 0) is 30.3 Å². The summed E-state index contributed by atoms with van der Waals surface area (Å²) >= 11 is 6.99. The lowest BCUT2D eigenvalue weighted by atomic mass is 10.3. The highest BCUT2D eigenvalue weighted by Crippen LogP contribution is 2.19. The van der Waals surface area contributed by atoms with Crippen LogP contribution in [0, 0.1) is 0 Å². The van der Waals surface area contributed by atoms with Crippen LogP contribution in [-0.4, -0.2) is 44.1 Å². The molecule has 0 aliphatic carbocycles. The van der Waals surface area contributed by atoms with E-state index in [1.807, 2.05) is 0 Å². The summed E-state index contributed by atoms with van der Waals surface area (Å²) in [5.74, 6) is 0.0447. The first-order valence-electron chi connectivity index (χ1n) is 6.83. The number of hydrogen-bond acceptors (Lipinski definition) is 5. The second kappa shape index (κ2) is 7.99. The second-order valence-corrected chi connectivity index (χ2v) is 6.21. The van der Waals surface area contributed by atoms with Crippen molar-refractivity contribution in [1.29, 1.82) is 0 Å². The second-order valence-electron chi connectivity index (χ2n) is 4.69. The minimum absolute atomic E-state index is 0.167. The Kier molecular flexibility index (Phi) is 6.01. The molecular formula is C16H16ClNO4S. The van der Waals surface area contributed by atoms with E-state index >= 15 is 0 Å². The molecule has 0 unspecified atom stereocenters. The van der Waals surface area contributed by atoms with Crippen molar-refractivity contribution in [2.24, 2.45) is 0 Å². The van der Waals surface area contributed by atoms with Crippen molar-refractivity contribution in [1.82, 2.24) is 4.90 Å². The summed E-state index contributed by atoms with van der Waals surface area (Å²) in [6.45, 7) is 0.759. The number of nitrogens with zero attached hydrogens (tertiary/aromatic N) is 1. The Morgan fingerprint density at radius 3 is 2.65 bits per heavy atom. The lowest BCUT2D eigenvalue weighted by Gasteiger charge is -2.16. The van der Waals surface area contributed by atoms with E-state index in [1.165, 1.54) is 12.0 Å². The molecule has 1 aromatic heterocycles. The number of rotatable bonds is 6. The standard InChI is InChI=1S/C16H16ClNO4S/c1-18(8-9-22-12-5-3-4-11(17)10-12)15(19)13-6-7-14(23-13)16(20)21-2/h3-7,10H,8-9H2,1-2H3. The number of methoxy groups -OCH3 is 1. The van der Waals surface area contributed by atoms with Crippen molar-refractivity contribution in [3.63, 3.8) is 0 Å². The third-order valence-electron chi connectivity index (χ3n) is 3.04. The molecule has 0 radical (unpaired) electrons. The van der Waals surface area contributed by atoms with Gasteiger partial charge in [0.1, 0.15) is 17.2 Å². The largest absolute Gasteiger partial charge is 0.492 e. The van der Waals surface area contributed by atoms with Crippen molar-refractivity contribution >= 4 is 34.8 Å². The number of amides is 1. The van der Waals surface area contributed by atoms with Gasteiger partial charge in [-0.3, -0.25) is 4.79 Å². The molecular weight excluding hydrogens is 338 g/mol. The first-order chi connectivity index (χ1) is 11.0. The van der Waals surface area contributed by atoms with Crippen molar-refractivity contribution in [3.05, 3.63) is 51.2 Å². The third kappa shape index (κ3) is 4.71.